The van der Waals surface area contributed by atoms with E-state index >= 15 is 0 Å². The first kappa shape index (κ1) is 14.5. The zero-order valence-electron chi connectivity index (χ0n) is 13.0. The third kappa shape index (κ3) is 3.42. The summed E-state index contributed by atoms with van der Waals surface area (Å²) in [4.78, 5) is 7.38. The van der Waals surface area contributed by atoms with Crippen LogP contribution in [0, 0.1) is 0 Å². The van der Waals surface area contributed by atoms with E-state index in [0.29, 0.717) is 12.1 Å². The first-order valence-electron chi connectivity index (χ1n) is 8.08. The van der Waals surface area contributed by atoms with E-state index in [2.05, 4.69) is 60.5 Å². The SMILES string of the molecule is CCCC1CN(Cc2ccc3ccccc3n2)C(C)CN1. The Morgan fingerprint density at radius 2 is 2.10 bits per heavy atom. The van der Waals surface area contributed by atoms with Crippen molar-refractivity contribution >= 4 is 10.9 Å². The van der Waals surface area contributed by atoms with Gasteiger partial charge in [-0.2, -0.15) is 0 Å². The number of aromatic nitrogens is 1. The van der Waals surface area contributed by atoms with Crippen LogP contribution in [0.15, 0.2) is 36.4 Å². The fraction of sp³-hybridized carbons (Fsp3) is 0.500. The van der Waals surface area contributed by atoms with E-state index in [-0.39, 0.29) is 0 Å². The molecule has 3 rings (SSSR count). The van der Waals surface area contributed by atoms with E-state index in [1.165, 1.54) is 23.9 Å². The highest BCUT2D eigenvalue weighted by atomic mass is 15.2. The van der Waals surface area contributed by atoms with Crippen LogP contribution in [-0.4, -0.2) is 35.1 Å². The minimum absolute atomic E-state index is 0.575. The number of pyridine rings is 1. The summed E-state index contributed by atoms with van der Waals surface area (Å²) < 4.78 is 0. The van der Waals surface area contributed by atoms with Gasteiger partial charge in [0.2, 0.25) is 0 Å². The van der Waals surface area contributed by atoms with Gasteiger partial charge in [-0.1, -0.05) is 37.6 Å². The molecule has 1 aromatic heterocycles. The van der Waals surface area contributed by atoms with Crippen LogP contribution in [0.1, 0.15) is 32.4 Å². The lowest BCUT2D eigenvalue weighted by Crippen LogP contribution is -2.54. The van der Waals surface area contributed by atoms with Gasteiger partial charge in [-0.15, -0.1) is 0 Å². The highest BCUT2D eigenvalue weighted by Crippen LogP contribution is 2.16. The van der Waals surface area contributed by atoms with Crippen molar-refractivity contribution in [3.8, 4) is 0 Å². The Bertz CT molecular complexity index is 596. The molecular weight excluding hydrogens is 258 g/mol. The molecule has 1 N–H and O–H groups in total. The Labute approximate surface area is 127 Å². The molecule has 1 aliphatic rings. The average molecular weight is 283 g/mol. The van der Waals surface area contributed by atoms with E-state index in [1.54, 1.807) is 0 Å². The summed E-state index contributed by atoms with van der Waals surface area (Å²) >= 11 is 0. The largest absolute Gasteiger partial charge is 0.311 e. The number of hydrogen-bond donors (Lipinski definition) is 1. The summed E-state index contributed by atoms with van der Waals surface area (Å²) in [5.74, 6) is 0. The molecule has 3 heteroatoms. The Hall–Kier alpha value is -1.45. The van der Waals surface area contributed by atoms with Crippen LogP contribution in [0.5, 0.6) is 0 Å². The molecule has 2 atom stereocenters. The van der Waals surface area contributed by atoms with Crippen molar-refractivity contribution in [3.63, 3.8) is 0 Å². The minimum atomic E-state index is 0.575. The predicted octanol–water partition coefficient (Wildman–Crippen LogP) is 3.20. The second-order valence-electron chi connectivity index (χ2n) is 6.17. The molecule has 1 aromatic carbocycles. The molecule has 0 saturated carbocycles. The van der Waals surface area contributed by atoms with Gasteiger partial charge in [0.05, 0.1) is 11.2 Å². The highest BCUT2D eigenvalue weighted by Gasteiger charge is 2.24. The number of nitrogens with zero attached hydrogens (tertiary/aromatic N) is 2. The summed E-state index contributed by atoms with van der Waals surface area (Å²) in [7, 11) is 0. The normalized spacial score (nSPS) is 23.5. The van der Waals surface area contributed by atoms with Gasteiger partial charge in [-0.25, -0.2) is 0 Å². The summed E-state index contributed by atoms with van der Waals surface area (Å²) in [6.07, 6.45) is 2.50. The van der Waals surface area contributed by atoms with Crippen molar-refractivity contribution in [3.05, 3.63) is 42.1 Å². The summed E-state index contributed by atoms with van der Waals surface area (Å²) in [6, 6.07) is 13.9. The highest BCUT2D eigenvalue weighted by molar-refractivity contribution is 5.78. The molecule has 1 fully saturated rings. The van der Waals surface area contributed by atoms with Crippen molar-refractivity contribution in [2.45, 2.75) is 45.3 Å². The Kier molecular flexibility index (Phi) is 4.51. The van der Waals surface area contributed by atoms with Gasteiger partial charge < -0.3 is 5.32 Å². The summed E-state index contributed by atoms with van der Waals surface area (Å²) in [5.41, 5.74) is 2.28. The molecule has 1 aliphatic heterocycles. The maximum atomic E-state index is 4.81. The van der Waals surface area contributed by atoms with Crippen LogP contribution >= 0.6 is 0 Å². The monoisotopic (exact) mass is 283 g/mol. The molecule has 2 aromatic rings. The zero-order valence-corrected chi connectivity index (χ0v) is 13.0. The van der Waals surface area contributed by atoms with E-state index in [0.717, 1.165) is 25.2 Å². The Balaban J connectivity index is 1.73. The van der Waals surface area contributed by atoms with Gasteiger partial charge in [0, 0.05) is 37.1 Å². The van der Waals surface area contributed by atoms with Gasteiger partial charge in [-0.3, -0.25) is 9.88 Å². The predicted molar refractivity (Wildman–Crippen MR) is 88.3 cm³/mol. The van der Waals surface area contributed by atoms with Crippen molar-refractivity contribution in [1.29, 1.82) is 0 Å². The maximum Gasteiger partial charge on any atom is 0.0705 e. The molecule has 0 amide bonds. The number of rotatable bonds is 4. The van der Waals surface area contributed by atoms with Crippen LogP contribution < -0.4 is 5.32 Å². The van der Waals surface area contributed by atoms with E-state index in [9.17, 15) is 0 Å². The molecule has 2 unspecified atom stereocenters. The fourth-order valence-corrected chi connectivity index (χ4v) is 3.16. The number of benzene rings is 1. The molecule has 3 nitrogen and oxygen atoms in total. The molecular formula is C18H25N3. The number of nitrogens with one attached hydrogen (secondary N) is 1. The van der Waals surface area contributed by atoms with Crippen LogP contribution in [0.3, 0.4) is 0 Å². The standard InChI is InChI=1S/C18H25N3/c1-3-6-16-12-21(14(2)11-19-16)13-17-10-9-15-7-4-5-8-18(15)20-17/h4-5,7-10,14,16,19H,3,6,11-13H2,1-2H3. The molecule has 0 spiro atoms. The van der Waals surface area contributed by atoms with Crippen LogP contribution in [0.25, 0.3) is 10.9 Å². The number of hydrogen-bond acceptors (Lipinski definition) is 3. The Morgan fingerprint density at radius 1 is 1.24 bits per heavy atom. The van der Waals surface area contributed by atoms with E-state index in [1.807, 2.05) is 0 Å². The summed E-state index contributed by atoms with van der Waals surface area (Å²) in [5, 5.41) is 4.87. The lowest BCUT2D eigenvalue weighted by molar-refractivity contribution is 0.128. The second kappa shape index (κ2) is 6.54. The third-order valence-corrected chi connectivity index (χ3v) is 4.44. The molecule has 0 bridgehead atoms. The van der Waals surface area contributed by atoms with Crippen LogP contribution in [-0.2, 0) is 6.54 Å². The average Bonchev–Trinajstić information content (AvgIpc) is 2.51. The zero-order chi connectivity index (χ0) is 14.7. The van der Waals surface area contributed by atoms with Crippen molar-refractivity contribution in [1.82, 2.24) is 15.2 Å². The topological polar surface area (TPSA) is 28.2 Å². The second-order valence-corrected chi connectivity index (χ2v) is 6.17. The molecule has 112 valence electrons. The first-order valence-corrected chi connectivity index (χ1v) is 8.08. The Morgan fingerprint density at radius 3 is 2.95 bits per heavy atom. The number of piperazine rings is 1. The number of para-hydroxylation sites is 1. The number of fused-ring (bicyclic) bond motifs is 1. The van der Waals surface area contributed by atoms with Crippen LogP contribution in [0.2, 0.25) is 0 Å². The molecule has 0 radical (unpaired) electrons. The quantitative estimate of drug-likeness (QED) is 0.934. The van der Waals surface area contributed by atoms with Gasteiger partial charge in [-0.05, 0) is 25.5 Å². The van der Waals surface area contributed by atoms with Gasteiger partial charge in [0.15, 0.2) is 0 Å². The van der Waals surface area contributed by atoms with Gasteiger partial charge >= 0.3 is 0 Å². The van der Waals surface area contributed by atoms with Crippen molar-refractivity contribution in [2.24, 2.45) is 0 Å². The van der Waals surface area contributed by atoms with Crippen molar-refractivity contribution in [2.75, 3.05) is 13.1 Å². The summed E-state index contributed by atoms with van der Waals surface area (Å²) in [6.45, 7) is 7.72. The minimum Gasteiger partial charge on any atom is -0.311 e. The van der Waals surface area contributed by atoms with E-state index < -0.39 is 0 Å². The lowest BCUT2D eigenvalue weighted by atomic mass is 10.1. The third-order valence-electron chi connectivity index (χ3n) is 4.44. The van der Waals surface area contributed by atoms with Gasteiger partial charge in [0.1, 0.15) is 0 Å². The maximum absolute atomic E-state index is 4.81. The molecule has 0 aliphatic carbocycles. The fourth-order valence-electron chi connectivity index (χ4n) is 3.16. The van der Waals surface area contributed by atoms with E-state index in [4.69, 9.17) is 4.98 Å². The van der Waals surface area contributed by atoms with Gasteiger partial charge in [0.25, 0.3) is 0 Å². The lowest BCUT2D eigenvalue weighted by Gasteiger charge is -2.38. The molecule has 2 heterocycles. The molecule has 1 saturated heterocycles. The first-order chi connectivity index (χ1) is 10.3. The molecule has 21 heavy (non-hydrogen) atoms. The smallest absolute Gasteiger partial charge is 0.0705 e. The van der Waals surface area contributed by atoms with Crippen molar-refractivity contribution < 1.29 is 0 Å². The van der Waals surface area contributed by atoms with Crippen LogP contribution in [0.4, 0.5) is 0 Å².